The van der Waals surface area contributed by atoms with Crippen LogP contribution in [0.5, 0.6) is 0 Å². The average molecular weight is 345 g/mol. The van der Waals surface area contributed by atoms with Gasteiger partial charge in [-0.3, -0.25) is 4.79 Å². The van der Waals surface area contributed by atoms with E-state index in [1.54, 1.807) is 11.3 Å². The van der Waals surface area contributed by atoms with Gasteiger partial charge in [0.25, 0.3) is 0 Å². The Bertz CT molecular complexity index is 710. The molecule has 1 aliphatic carbocycles. The third kappa shape index (κ3) is 2.48. The fourth-order valence-electron chi connectivity index (χ4n) is 3.85. The van der Waals surface area contributed by atoms with Crippen LogP contribution in [-0.2, 0) is 10.2 Å². The van der Waals surface area contributed by atoms with Crippen LogP contribution in [0.3, 0.4) is 0 Å². The summed E-state index contributed by atoms with van der Waals surface area (Å²) in [5.74, 6) is 2.18. The van der Waals surface area contributed by atoms with E-state index < -0.39 is 0 Å². The highest BCUT2D eigenvalue weighted by Gasteiger charge is 2.49. The van der Waals surface area contributed by atoms with Crippen LogP contribution >= 0.6 is 11.3 Å². The molecule has 1 aliphatic heterocycles. The number of carbonyl (C=O) groups is 1. The first-order valence-electron chi connectivity index (χ1n) is 8.77. The average Bonchev–Trinajstić information content (AvgIpc) is 3.26. The molecule has 2 aromatic rings. The minimum atomic E-state index is -0.281. The van der Waals surface area contributed by atoms with E-state index in [0.717, 1.165) is 31.5 Å². The quantitative estimate of drug-likeness (QED) is 0.848. The second-order valence-corrected chi connectivity index (χ2v) is 8.27. The van der Waals surface area contributed by atoms with Crippen molar-refractivity contribution in [2.45, 2.75) is 56.8 Å². The Kier molecular flexibility index (Phi) is 3.95. The van der Waals surface area contributed by atoms with E-state index in [1.165, 1.54) is 4.88 Å². The number of hydrogen-bond donors (Lipinski definition) is 0. The third-order valence-corrected chi connectivity index (χ3v) is 6.43. The van der Waals surface area contributed by atoms with Gasteiger partial charge in [-0.15, -0.1) is 11.3 Å². The van der Waals surface area contributed by atoms with Crippen molar-refractivity contribution in [2.75, 3.05) is 13.1 Å². The van der Waals surface area contributed by atoms with E-state index in [2.05, 4.69) is 41.5 Å². The van der Waals surface area contributed by atoms with Gasteiger partial charge in [0.05, 0.1) is 11.3 Å². The summed E-state index contributed by atoms with van der Waals surface area (Å²) in [7, 11) is 0. The van der Waals surface area contributed by atoms with E-state index in [-0.39, 0.29) is 17.3 Å². The van der Waals surface area contributed by atoms with Crippen LogP contribution in [0.25, 0.3) is 0 Å². The maximum absolute atomic E-state index is 13.2. The molecule has 1 saturated heterocycles. The molecule has 0 spiro atoms. The molecule has 6 heteroatoms. The summed E-state index contributed by atoms with van der Waals surface area (Å²) in [4.78, 5) is 20.9. The van der Waals surface area contributed by atoms with Gasteiger partial charge in [-0.25, -0.2) is 0 Å². The van der Waals surface area contributed by atoms with Crippen molar-refractivity contribution in [2.24, 2.45) is 0 Å². The molecule has 0 aromatic carbocycles. The van der Waals surface area contributed by atoms with Crippen LogP contribution in [-0.4, -0.2) is 34.0 Å². The zero-order valence-corrected chi connectivity index (χ0v) is 15.0. The molecule has 0 radical (unpaired) electrons. The maximum atomic E-state index is 13.2. The van der Waals surface area contributed by atoms with E-state index in [0.29, 0.717) is 24.9 Å². The van der Waals surface area contributed by atoms with Crippen LogP contribution in [0.1, 0.15) is 68.0 Å². The minimum absolute atomic E-state index is 0.190. The molecule has 2 aromatic heterocycles. The molecule has 1 amide bonds. The molecular weight excluding hydrogens is 322 g/mol. The van der Waals surface area contributed by atoms with Crippen molar-refractivity contribution >= 4 is 17.2 Å². The van der Waals surface area contributed by atoms with Crippen molar-refractivity contribution < 1.29 is 9.32 Å². The Morgan fingerprint density at radius 2 is 2.12 bits per heavy atom. The third-order valence-electron chi connectivity index (χ3n) is 5.35. The molecule has 1 saturated carbocycles. The topological polar surface area (TPSA) is 59.2 Å². The Balaban J connectivity index is 1.46. The van der Waals surface area contributed by atoms with E-state index in [4.69, 9.17) is 4.52 Å². The Morgan fingerprint density at radius 3 is 2.71 bits per heavy atom. The van der Waals surface area contributed by atoms with Gasteiger partial charge in [0.15, 0.2) is 5.82 Å². The first-order chi connectivity index (χ1) is 11.6. The highest BCUT2D eigenvalue weighted by molar-refractivity contribution is 7.10. The number of carbonyl (C=O) groups excluding carboxylic acids is 1. The molecule has 3 heterocycles. The lowest BCUT2D eigenvalue weighted by molar-refractivity contribution is -0.142. The molecule has 4 rings (SSSR count). The lowest BCUT2D eigenvalue weighted by Crippen LogP contribution is -2.55. The molecule has 24 heavy (non-hydrogen) atoms. The summed E-state index contributed by atoms with van der Waals surface area (Å²) in [5.41, 5.74) is -0.281. The standard InChI is InChI=1S/C18H23N3O2S/c1-12(2)15-19-16(23-20-15)13-10-21(11-13)17(22)18(7-3-4-8-18)14-6-5-9-24-14/h5-6,9,12-13H,3-4,7-8,10-11H2,1-2H3. The van der Waals surface area contributed by atoms with E-state index in [1.807, 2.05) is 4.90 Å². The number of rotatable bonds is 4. The summed E-state index contributed by atoms with van der Waals surface area (Å²) in [6, 6.07) is 4.18. The number of hydrogen-bond acceptors (Lipinski definition) is 5. The molecule has 0 unspecified atom stereocenters. The molecule has 0 bridgehead atoms. The van der Waals surface area contributed by atoms with E-state index >= 15 is 0 Å². The van der Waals surface area contributed by atoms with Crippen LogP contribution < -0.4 is 0 Å². The van der Waals surface area contributed by atoms with Crippen molar-refractivity contribution in [3.63, 3.8) is 0 Å². The summed E-state index contributed by atoms with van der Waals surface area (Å²) >= 11 is 1.71. The molecule has 2 aliphatic rings. The number of nitrogens with zero attached hydrogens (tertiary/aromatic N) is 3. The molecule has 0 atom stereocenters. The molecule has 128 valence electrons. The first kappa shape index (κ1) is 15.8. The van der Waals surface area contributed by atoms with Gasteiger partial charge < -0.3 is 9.42 Å². The Labute approximate surface area is 146 Å². The second-order valence-electron chi connectivity index (χ2n) is 7.32. The molecular formula is C18H23N3O2S. The van der Waals surface area contributed by atoms with Gasteiger partial charge in [0.1, 0.15) is 0 Å². The van der Waals surface area contributed by atoms with Gasteiger partial charge in [0, 0.05) is 23.9 Å². The normalized spacial score (nSPS) is 20.5. The maximum Gasteiger partial charge on any atom is 0.234 e. The number of thiophene rings is 1. The summed E-state index contributed by atoms with van der Waals surface area (Å²) in [6.07, 6.45) is 4.24. The number of amides is 1. The highest BCUT2D eigenvalue weighted by atomic mass is 32.1. The predicted molar refractivity (Wildman–Crippen MR) is 92.2 cm³/mol. The Morgan fingerprint density at radius 1 is 1.38 bits per heavy atom. The summed E-state index contributed by atoms with van der Waals surface area (Å²) in [5, 5.41) is 6.11. The van der Waals surface area contributed by atoms with Gasteiger partial charge >= 0.3 is 0 Å². The molecule has 5 nitrogen and oxygen atoms in total. The summed E-state index contributed by atoms with van der Waals surface area (Å²) < 4.78 is 5.38. The number of likely N-dealkylation sites (tertiary alicyclic amines) is 1. The highest BCUT2D eigenvalue weighted by Crippen LogP contribution is 2.46. The lowest BCUT2D eigenvalue weighted by atomic mass is 9.81. The zero-order chi connectivity index (χ0) is 16.7. The van der Waals surface area contributed by atoms with E-state index in [9.17, 15) is 4.79 Å². The SMILES string of the molecule is CC(C)c1noc(C2CN(C(=O)C3(c4cccs4)CCCC3)C2)n1. The zero-order valence-electron chi connectivity index (χ0n) is 14.2. The van der Waals surface area contributed by atoms with Gasteiger partial charge in [-0.1, -0.05) is 37.9 Å². The predicted octanol–water partition coefficient (Wildman–Crippen LogP) is 3.69. The van der Waals surface area contributed by atoms with Crippen LogP contribution in [0.4, 0.5) is 0 Å². The van der Waals surface area contributed by atoms with Crippen molar-refractivity contribution in [3.05, 3.63) is 34.1 Å². The van der Waals surface area contributed by atoms with Crippen LogP contribution in [0.15, 0.2) is 22.0 Å². The van der Waals surface area contributed by atoms with Crippen LogP contribution in [0, 0.1) is 0 Å². The monoisotopic (exact) mass is 345 g/mol. The minimum Gasteiger partial charge on any atom is -0.340 e. The number of aromatic nitrogens is 2. The molecule has 2 fully saturated rings. The Hall–Kier alpha value is -1.69. The van der Waals surface area contributed by atoms with Crippen molar-refractivity contribution in [3.8, 4) is 0 Å². The molecule has 0 N–H and O–H groups in total. The van der Waals surface area contributed by atoms with Gasteiger partial charge in [-0.05, 0) is 24.3 Å². The van der Waals surface area contributed by atoms with Gasteiger partial charge in [0.2, 0.25) is 11.8 Å². The first-order valence-corrected chi connectivity index (χ1v) is 9.65. The van der Waals surface area contributed by atoms with Gasteiger partial charge in [-0.2, -0.15) is 4.98 Å². The van der Waals surface area contributed by atoms with Crippen molar-refractivity contribution in [1.29, 1.82) is 0 Å². The summed E-state index contributed by atoms with van der Waals surface area (Å²) in [6.45, 7) is 5.50. The fourth-order valence-corrected chi connectivity index (χ4v) is 4.82. The van der Waals surface area contributed by atoms with Crippen LogP contribution in [0.2, 0.25) is 0 Å². The van der Waals surface area contributed by atoms with Crippen molar-refractivity contribution in [1.82, 2.24) is 15.0 Å². The fraction of sp³-hybridized carbons (Fsp3) is 0.611. The lowest BCUT2D eigenvalue weighted by Gasteiger charge is -2.42. The smallest absolute Gasteiger partial charge is 0.234 e. The largest absolute Gasteiger partial charge is 0.340 e. The second kappa shape index (κ2) is 5.99.